The number of allylic oxidation sites excluding steroid dienone is 1. The summed E-state index contributed by atoms with van der Waals surface area (Å²) in [6.45, 7) is 4.33. The molecule has 0 spiro atoms. The normalized spacial score (nSPS) is 10.5. The maximum Gasteiger partial charge on any atom is 0.230 e. The summed E-state index contributed by atoms with van der Waals surface area (Å²) < 4.78 is 1.95. The first-order valence-electron chi connectivity index (χ1n) is 9.22. The van der Waals surface area contributed by atoms with E-state index in [1.54, 1.807) is 30.3 Å². The summed E-state index contributed by atoms with van der Waals surface area (Å²) >= 11 is 1.29. The van der Waals surface area contributed by atoms with Crippen LogP contribution in [0.4, 0.5) is 0 Å². The standard InChI is InChI=1S/C22H22N4O2S/c1-2-13-26-20(14-17-9-5-3-6-10-17)24-25-22(26)29-16-21(28)23-15-19(27)18-11-7-4-8-12-18/h2-12H,1,13-16H2,(H,23,28). The zero-order valence-corrected chi connectivity index (χ0v) is 16.8. The molecule has 1 heterocycles. The number of benzene rings is 2. The lowest BCUT2D eigenvalue weighted by molar-refractivity contribution is -0.118. The van der Waals surface area contributed by atoms with E-state index in [1.165, 1.54) is 11.8 Å². The molecule has 3 rings (SSSR count). The maximum atomic E-state index is 12.2. The van der Waals surface area contributed by atoms with E-state index in [0.29, 0.717) is 23.7 Å². The molecule has 148 valence electrons. The highest BCUT2D eigenvalue weighted by molar-refractivity contribution is 7.99. The number of nitrogens with one attached hydrogen (secondary N) is 1. The summed E-state index contributed by atoms with van der Waals surface area (Å²) in [6, 6.07) is 18.9. The van der Waals surface area contributed by atoms with E-state index in [2.05, 4.69) is 22.1 Å². The van der Waals surface area contributed by atoms with Crippen molar-refractivity contribution < 1.29 is 9.59 Å². The molecule has 0 radical (unpaired) electrons. The smallest absolute Gasteiger partial charge is 0.230 e. The van der Waals surface area contributed by atoms with Crippen molar-refractivity contribution in [3.63, 3.8) is 0 Å². The van der Waals surface area contributed by atoms with Crippen molar-refractivity contribution in [2.75, 3.05) is 12.3 Å². The summed E-state index contributed by atoms with van der Waals surface area (Å²) in [5, 5.41) is 11.8. The van der Waals surface area contributed by atoms with Gasteiger partial charge in [-0.2, -0.15) is 0 Å². The number of nitrogens with zero attached hydrogens (tertiary/aromatic N) is 3. The second-order valence-electron chi connectivity index (χ2n) is 6.32. The molecule has 0 unspecified atom stereocenters. The van der Waals surface area contributed by atoms with E-state index in [0.717, 1.165) is 11.4 Å². The fourth-order valence-electron chi connectivity index (χ4n) is 2.73. The Morgan fingerprint density at radius 2 is 1.72 bits per heavy atom. The third-order valence-corrected chi connectivity index (χ3v) is 5.15. The van der Waals surface area contributed by atoms with Crippen LogP contribution in [-0.2, 0) is 17.8 Å². The molecule has 2 aromatic carbocycles. The zero-order chi connectivity index (χ0) is 20.5. The van der Waals surface area contributed by atoms with E-state index in [9.17, 15) is 9.59 Å². The number of Topliss-reactive ketones (excluding diaryl/α,β-unsaturated/α-hetero) is 1. The van der Waals surface area contributed by atoms with Crippen molar-refractivity contribution in [1.29, 1.82) is 0 Å². The Balaban J connectivity index is 1.56. The van der Waals surface area contributed by atoms with Crippen LogP contribution < -0.4 is 5.32 Å². The molecular weight excluding hydrogens is 384 g/mol. The van der Waals surface area contributed by atoms with Gasteiger partial charge in [0.1, 0.15) is 5.82 Å². The van der Waals surface area contributed by atoms with Gasteiger partial charge in [0.15, 0.2) is 10.9 Å². The summed E-state index contributed by atoms with van der Waals surface area (Å²) in [7, 11) is 0. The van der Waals surface area contributed by atoms with Gasteiger partial charge in [-0.3, -0.25) is 9.59 Å². The fourth-order valence-corrected chi connectivity index (χ4v) is 3.53. The van der Waals surface area contributed by atoms with E-state index in [4.69, 9.17) is 0 Å². The fraction of sp³-hybridized carbons (Fsp3) is 0.182. The minimum Gasteiger partial charge on any atom is -0.348 e. The van der Waals surface area contributed by atoms with Gasteiger partial charge >= 0.3 is 0 Å². The van der Waals surface area contributed by atoms with Gasteiger partial charge in [0, 0.05) is 18.5 Å². The van der Waals surface area contributed by atoms with E-state index in [1.807, 2.05) is 41.0 Å². The average Bonchev–Trinajstić information content (AvgIpc) is 3.13. The number of thioether (sulfide) groups is 1. The van der Waals surface area contributed by atoms with Crippen LogP contribution >= 0.6 is 11.8 Å². The Hall–Kier alpha value is -3.19. The third kappa shape index (κ3) is 5.89. The first kappa shape index (κ1) is 20.5. The predicted octanol–water partition coefficient (Wildman–Crippen LogP) is 3.15. The summed E-state index contributed by atoms with van der Waals surface area (Å²) in [4.78, 5) is 24.2. The number of carbonyl (C=O) groups is 2. The lowest BCUT2D eigenvalue weighted by Gasteiger charge is -2.08. The van der Waals surface area contributed by atoms with Crippen molar-refractivity contribution in [2.24, 2.45) is 0 Å². The van der Waals surface area contributed by atoms with Gasteiger partial charge in [0.25, 0.3) is 0 Å². The SMILES string of the molecule is C=CCn1c(Cc2ccccc2)nnc1SCC(=O)NCC(=O)c1ccccc1. The van der Waals surface area contributed by atoms with E-state index >= 15 is 0 Å². The second-order valence-corrected chi connectivity index (χ2v) is 7.26. The van der Waals surface area contributed by atoms with Crippen LogP contribution in [0, 0.1) is 0 Å². The molecule has 0 fully saturated rings. The minimum absolute atomic E-state index is 0.0258. The van der Waals surface area contributed by atoms with Gasteiger partial charge in [0.2, 0.25) is 5.91 Å². The molecule has 1 aromatic heterocycles. The minimum atomic E-state index is -0.225. The largest absolute Gasteiger partial charge is 0.348 e. The number of hydrogen-bond acceptors (Lipinski definition) is 5. The molecule has 29 heavy (non-hydrogen) atoms. The van der Waals surface area contributed by atoms with Crippen molar-refractivity contribution in [3.8, 4) is 0 Å². The van der Waals surface area contributed by atoms with Crippen LogP contribution in [0.25, 0.3) is 0 Å². The molecule has 0 aliphatic rings. The molecule has 7 heteroatoms. The molecule has 1 N–H and O–H groups in total. The lowest BCUT2D eigenvalue weighted by Crippen LogP contribution is -2.31. The van der Waals surface area contributed by atoms with E-state index in [-0.39, 0.29) is 24.0 Å². The van der Waals surface area contributed by atoms with Gasteiger partial charge in [-0.1, -0.05) is 78.5 Å². The van der Waals surface area contributed by atoms with E-state index < -0.39 is 0 Å². The first-order valence-corrected chi connectivity index (χ1v) is 10.2. The Morgan fingerprint density at radius 1 is 1.03 bits per heavy atom. The molecule has 1 amide bonds. The van der Waals surface area contributed by atoms with Gasteiger partial charge in [-0.05, 0) is 5.56 Å². The van der Waals surface area contributed by atoms with Crippen LogP contribution in [0.3, 0.4) is 0 Å². The topological polar surface area (TPSA) is 76.9 Å². The molecule has 6 nitrogen and oxygen atoms in total. The van der Waals surface area contributed by atoms with Crippen LogP contribution in [0.15, 0.2) is 78.5 Å². The van der Waals surface area contributed by atoms with Crippen molar-refractivity contribution in [2.45, 2.75) is 18.1 Å². The number of carbonyl (C=O) groups excluding carboxylic acids is 2. The second kappa shape index (κ2) is 10.4. The molecular formula is C22H22N4O2S. The highest BCUT2D eigenvalue weighted by atomic mass is 32.2. The number of rotatable bonds is 10. The first-order chi connectivity index (χ1) is 14.2. The summed E-state index contributed by atoms with van der Waals surface area (Å²) in [6.07, 6.45) is 2.43. The zero-order valence-electron chi connectivity index (χ0n) is 16.0. The van der Waals surface area contributed by atoms with Gasteiger partial charge < -0.3 is 9.88 Å². The Kier molecular flexibility index (Phi) is 7.35. The maximum absolute atomic E-state index is 12.2. The number of hydrogen-bond donors (Lipinski definition) is 1. The Bertz CT molecular complexity index is 971. The molecule has 3 aromatic rings. The average molecular weight is 407 g/mol. The Morgan fingerprint density at radius 3 is 2.41 bits per heavy atom. The molecule has 0 bridgehead atoms. The van der Waals surface area contributed by atoms with Crippen molar-refractivity contribution >= 4 is 23.5 Å². The van der Waals surface area contributed by atoms with Crippen LogP contribution in [0.5, 0.6) is 0 Å². The van der Waals surface area contributed by atoms with Crippen LogP contribution in [0.1, 0.15) is 21.7 Å². The van der Waals surface area contributed by atoms with Gasteiger partial charge in [0.05, 0.1) is 12.3 Å². The third-order valence-electron chi connectivity index (χ3n) is 4.18. The highest BCUT2D eigenvalue weighted by Crippen LogP contribution is 2.19. The monoisotopic (exact) mass is 406 g/mol. The molecule has 0 atom stereocenters. The predicted molar refractivity (Wildman–Crippen MR) is 114 cm³/mol. The summed E-state index contributed by atoms with van der Waals surface area (Å²) in [5.41, 5.74) is 1.72. The molecule has 0 aliphatic carbocycles. The lowest BCUT2D eigenvalue weighted by atomic mass is 10.1. The van der Waals surface area contributed by atoms with Crippen LogP contribution in [-0.4, -0.2) is 38.8 Å². The highest BCUT2D eigenvalue weighted by Gasteiger charge is 2.14. The quantitative estimate of drug-likeness (QED) is 0.318. The van der Waals surface area contributed by atoms with Crippen molar-refractivity contribution in [1.82, 2.24) is 20.1 Å². The molecule has 0 saturated heterocycles. The van der Waals surface area contributed by atoms with Gasteiger partial charge in [-0.25, -0.2) is 0 Å². The van der Waals surface area contributed by atoms with Crippen molar-refractivity contribution in [3.05, 3.63) is 90.3 Å². The number of aromatic nitrogens is 3. The number of ketones is 1. The Labute approximate surface area is 174 Å². The molecule has 0 saturated carbocycles. The summed E-state index contributed by atoms with van der Waals surface area (Å²) in [5.74, 6) is 0.627. The van der Waals surface area contributed by atoms with Gasteiger partial charge in [-0.15, -0.1) is 16.8 Å². The number of amides is 1. The van der Waals surface area contributed by atoms with Crippen LogP contribution in [0.2, 0.25) is 0 Å². The molecule has 0 aliphatic heterocycles.